The van der Waals surface area contributed by atoms with E-state index in [1.807, 2.05) is 11.7 Å². The minimum atomic E-state index is 0.968. The smallest absolute Gasteiger partial charge is 0.0628 e. The summed E-state index contributed by atoms with van der Waals surface area (Å²) in [5.41, 5.74) is 3.81. The lowest BCUT2D eigenvalue weighted by Gasteiger charge is -2.04. The monoisotopic (exact) mass is 249 g/mol. The van der Waals surface area contributed by atoms with Crippen molar-refractivity contribution in [1.82, 2.24) is 15.1 Å². The summed E-state index contributed by atoms with van der Waals surface area (Å²) in [5, 5.41) is 10.0. The molecule has 0 aliphatic rings. The molecule has 17 heavy (non-hydrogen) atoms. The molecule has 0 radical (unpaired) electrons. The molecule has 0 bridgehead atoms. The lowest BCUT2D eigenvalue weighted by atomic mass is 10.1. The van der Waals surface area contributed by atoms with Gasteiger partial charge in [-0.25, -0.2) is 0 Å². The molecule has 0 atom stereocenters. The summed E-state index contributed by atoms with van der Waals surface area (Å²) >= 11 is 1.80. The van der Waals surface area contributed by atoms with E-state index in [0.29, 0.717) is 0 Å². The molecule has 2 heterocycles. The average molecular weight is 249 g/mol. The predicted molar refractivity (Wildman–Crippen MR) is 72.4 cm³/mol. The topological polar surface area (TPSA) is 29.9 Å². The van der Waals surface area contributed by atoms with Gasteiger partial charge in [-0.15, -0.1) is 11.3 Å². The first-order valence-corrected chi connectivity index (χ1v) is 6.78. The first kappa shape index (κ1) is 12.3. The van der Waals surface area contributed by atoms with Crippen LogP contribution in [0, 0.1) is 13.8 Å². The zero-order chi connectivity index (χ0) is 12.3. The number of rotatable bonds is 5. The zero-order valence-corrected chi connectivity index (χ0v) is 11.5. The van der Waals surface area contributed by atoms with Crippen molar-refractivity contribution in [2.75, 3.05) is 6.54 Å². The fraction of sp³-hybridized carbons (Fsp3) is 0.462. The van der Waals surface area contributed by atoms with Crippen molar-refractivity contribution in [3.05, 3.63) is 39.3 Å². The highest BCUT2D eigenvalue weighted by atomic mass is 32.1. The van der Waals surface area contributed by atoms with E-state index in [4.69, 9.17) is 0 Å². The predicted octanol–water partition coefficient (Wildman–Crippen LogP) is 2.43. The highest BCUT2D eigenvalue weighted by Gasteiger charge is 2.08. The summed E-state index contributed by atoms with van der Waals surface area (Å²) in [5.74, 6) is 0. The van der Waals surface area contributed by atoms with E-state index in [0.717, 1.165) is 25.2 Å². The van der Waals surface area contributed by atoms with Gasteiger partial charge in [0.25, 0.3) is 0 Å². The zero-order valence-electron chi connectivity index (χ0n) is 10.7. The molecule has 0 aromatic carbocycles. The van der Waals surface area contributed by atoms with Crippen molar-refractivity contribution >= 4 is 11.3 Å². The summed E-state index contributed by atoms with van der Waals surface area (Å²) in [4.78, 5) is 1.39. The third kappa shape index (κ3) is 2.96. The Bertz CT molecular complexity index is 471. The first-order chi connectivity index (χ1) is 8.18. The second-order valence-electron chi connectivity index (χ2n) is 4.28. The van der Waals surface area contributed by atoms with Gasteiger partial charge in [-0.2, -0.15) is 5.10 Å². The molecule has 2 rings (SSSR count). The quantitative estimate of drug-likeness (QED) is 0.825. The Balaban J connectivity index is 1.82. The maximum atomic E-state index is 4.43. The van der Waals surface area contributed by atoms with E-state index in [2.05, 4.69) is 41.8 Å². The molecule has 2 aromatic heterocycles. The third-order valence-corrected chi connectivity index (χ3v) is 3.97. The highest BCUT2D eigenvalue weighted by Crippen LogP contribution is 2.12. The van der Waals surface area contributed by atoms with Crippen LogP contribution in [-0.4, -0.2) is 16.3 Å². The van der Waals surface area contributed by atoms with Crippen LogP contribution in [0.2, 0.25) is 0 Å². The van der Waals surface area contributed by atoms with Gasteiger partial charge in [0.2, 0.25) is 0 Å². The highest BCUT2D eigenvalue weighted by molar-refractivity contribution is 7.09. The molecule has 92 valence electrons. The number of thiophene rings is 1. The summed E-state index contributed by atoms with van der Waals surface area (Å²) in [7, 11) is 2.00. The van der Waals surface area contributed by atoms with E-state index >= 15 is 0 Å². The van der Waals surface area contributed by atoms with Gasteiger partial charge in [0, 0.05) is 24.2 Å². The fourth-order valence-electron chi connectivity index (χ4n) is 2.02. The van der Waals surface area contributed by atoms with Gasteiger partial charge in [-0.3, -0.25) is 4.68 Å². The Kier molecular flexibility index (Phi) is 3.97. The number of nitrogens with one attached hydrogen (secondary N) is 1. The number of aryl methyl sites for hydroxylation is 2. The Morgan fingerprint density at radius 3 is 2.82 bits per heavy atom. The van der Waals surface area contributed by atoms with Crippen LogP contribution in [0.5, 0.6) is 0 Å². The van der Waals surface area contributed by atoms with E-state index in [9.17, 15) is 0 Å². The number of hydrogen-bond donors (Lipinski definition) is 1. The van der Waals surface area contributed by atoms with Gasteiger partial charge in [0.05, 0.1) is 5.69 Å². The lowest BCUT2D eigenvalue weighted by molar-refractivity contribution is 0.688. The summed E-state index contributed by atoms with van der Waals surface area (Å²) in [6, 6.07) is 4.26. The minimum Gasteiger partial charge on any atom is -0.312 e. The maximum Gasteiger partial charge on any atom is 0.0628 e. The Labute approximate surface area is 106 Å². The van der Waals surface area contributed by atoms with Crippen molar-refractivity contribution in [3.63, 3.8) is 0 Å². The van der Waals surface area contributed by atoms with Crippen LogP contribution >= 0.6 is 11.3 Å². The minimum absolute atomic E-state index is 0.968. The Morgan fingerprint density at radius 2 is 2.24 bits per heavy atom. The second kappa shape index (κ2) is 5.47. The number of nitrogens with zero attached hydrogens (tertiary/aromatic N) is 2. The van der Waals surface area contributed by atoms with Crippen molar-refractivity contribution in [3.8, 4) is 0 Å². The normalized spacial score (nSPS) is 11.0. The number of aromatic nitrogens is 2. The van der Waals surface area contributed by atoms with E-state index in [1.54, 1.807) is 11.3 Å². The van der Waals surface area contributed by atoms with Gasteiger partial charge < -0.3 is 5.32 Å². The summed E-state index contributed by atoms with van der Waals surface area (Å²) < 4.78 is 1.96. The van der Waals surface area contributed by atoms with Crippen molar-refractivity contribution < 1.29 is 0 Å². The molecule has 0 aliphatic carbocycles. The molecule has 0 unspecified atom stereocenters. The SMILES string of the molecule is Cc1nn(C)c(C)c1CCNCc1cccs1. The Morgan fingerprint density at radius 1 is 1.41 bits per heavy atom. The first-order valence-electron chi connectivity index (χ1n) is 5.90. The molecule has 0 spiro atoms. The van der Waals surface area contributed by atoms with Crippen LogP contribution in [0.3, 0.4) is 0 Å². The van der Waals surface area contributed by atoms with Gasteiger partial charge in [-0.1, -0.05) is 6.07 Å². The standard InChI is InChI=1S/C13H19N3S/c1-10-13(11(2)16(3)15-10)6-7-14-9-12-5-4-8-17-12/h4-5,8,14H,6-7,9H2,1-3H3. The van der Waals surface area contributed by atoms with Gasteiger partial charge >= 0.3 is 0 Å². The molecule has 2 aromatic rings. The molecular weight excluding hydrogens is 230 g/mol. The fourth-order valence-corrected chi connectivity index (χ4v) is 2.69. The van der Waals surface area contributed by atoms with Crippen molar-refractivity contribution in [1.29, 1.82) is 0 Å². The Hall–Kier alpha value is -1.13. The van der Waals surface area contributed by atoms with Crippen LogP contribution in [0.1, 0.15) is 21.8 Å². The van der Waals surface area contributed by atoms with Gasteiger partial charge in [-0.05, 0) is 43.8 Å². The van der Waals surface area contributed by atoms with E-state index < -0.39 is 0 Å². The molecule has 1 N–H and O–H groups in total. The molecule has 0 saturated carbocycles. The molecule has 0 aliphatic heterocycles. The van der Waals surface area contributed by atoms with Crippen LogP contribution in [0.15, 0.2) is 17.5 Å². The van der Waals surface area contributed by atoms with Gasteiger partial charge in [0.15, 0.2) is 0 Å². The molecule has 0 saturated heterocycles. The van der Waals surface area contributed by atoms with Crippen LogP contribution < -0.4 is 5.32 Å². The van der Waals surface area contributed by atoms with Gasteiger partial charge in [0.1, 0.15) is 0 Å². The molecule has 3 nitrogen and oxygen atoms in total. The largest absolute Gasteiger partial charge is 0.312 e. The second-order valence-corrected chi connectivity index (χ2v) is 5.31. The van der Waals surface area contributed by atoms with Crippen molar-refractivity contribution in [2.24, 2.45) is 7.05 Å². The van der Waals surface area contributed by atoms with Crippen LogP contribution in [0.25, 0.3) is 0 Å². The average Bonchev–Trinajstić information content (AvgIpc) is 2.87. The summed E-state index contributed by atoms with van der Waals surface area (Å²) in [6.07, 6.45) is 1.05. The van der Waals surface area contributed by atoms with Crippen LogP contribution in [0.4, 0.5) is 0 Å². The van der Waals surface area contributed by atoms with E-state index in [-0.39, 0.29) is 0 Å². The maximum absolute atomic E-state index is 4.43. The van der Waals surface area contributed by atoms with Crippen LogP contribution in [-0.2, 0) is 20.0 Å². The van der Waals surface area contributed by atoms with E-state index in [1.165, 1.54) is 16.1 Å². The third-order valence-electron chi connectivity index (χ3n) is 3.09. The molecular formula is C13H19N3S. The molecule has 0 amide bonds. The van der Waals surface area contributed by atoms with Crippen molar-refractivity contribution in [2.45, 2.75) is 26.8 Å². The molecule has 0 fully saturated rings. The molecule has 4 heteroatoms. The number of hydrogen-bond acceptors (Lipinski definition) is 3. The lowest BCUT2D eigenvalue weighted by Crippen LogP contribution is -2.16. The summed E-state index contributed by atoms with van der Waals surface area (Å²) in [6.45, 7) is 6.19.